The number of ether oxygens (including phenoxy) is 2. The van der Waals surface area contributed by atoms with Gasteiger partial charge in [-0.2, -0.15) is 0 Å². The average Bonchev–Trinajstić information content (AvgIpc) is 2.57. The topological polar surface area (TPSA) is 90.7 Å². The molecule has 128 valence electrons. The largest absolute Gasteiger partial charge is 0.486 e. The Morgan fingerprint density at radius 2 is 2.00 bits per heavy atom. The zero-order valence-electron chi connectivity index (χ0n) is 12.3. The predicted octanol–water partition coefficient (Wildman–Crippen LogP) is 0.666. The van der Waals surface area contributed by atoms with Crippen molar-refractivity contribution in [3.8, 4) is 11.5 Å². The molecule has 1 heterocycles. The summed E-state index contributed by atoms with van der Waals surface area (Å²) in [4.78, 5) is 12.0. The Morgan fingerprint density at radius 1 is 1.30 bits per heavy atom. The maximum Gasteiger partial charge on any atom is 0.277 e. The van der Waals surface area contributed by atoms with Crippen LogP contribution in [0.15, 0.2) is 23.1 Å². The van der Waals surface area contributed by atoms with Crippen LogP contribution in [0.25, 0.3) is 0 Å². The van der Waals surface area contributed by atoms with E-state index in [-0.39, 0.29) is 12.2 Å². The van der Waals surface area contributed by atoms with Gasteiger partial charge in [0.2, 0.25) is 5.91 Å². The maximum absolute atomic E-state index is 12.9. The second-order valence-corrected chi connectivity index (χ2v) is 6.51. The lowest BCUT2D eigenvalue weighted by Gasteiger charge is -2.18. The molecule has 1 aromatic carbocycles. The van der Waals surface area contributed by atoms with Crippen molar-refractivity contribution in [2.24, 2.45) is 5.73 Å². The minimum absolute atomic E-state index is 0.0275. The molecule has 1 atom stereocenters. The Hall–Kier alpha value is -1.74. The van der Waals surface area contributed by atoms with E-state index in [1.165, 1.54) is 0 Å². The minimum atomic E-state index is -3.13. The summed E-state index contributed by atoms with van der Waals surface area (Å²) in [5.74, 6) is -2.61. The molecule has 1 aliphatic heterocycles. The molecule has 0 radical (unpaired) electrons. The molecule has 0 aromatic heterocycles. The van der Waals surface area contributed by atoms with Gasteiger partial charge in [-0.25, -0.2) is 8.78 Å². The van der Waals surface area contributed by atoms with E-state index in [9.17, 15) is 17.8 Å². The van der Waals surface area contributed by atoms with Gasteiger partial charge in [-0.3, -0.25) is 9.00 Å². The fraction of sp³-hybridized carbons (Fsp3) is 0.500. The first-order valence-electron chi connectivity index (χ1n) is 7.04. The number of carbonyl (C=O) groups is 1. The monoisotopic (exact) mass is 348 g/mol. The SMILES string of the molecule is NCC(F)(F)CNC(=O)CCS(=O)c1ccc2c(c1)OCCO2. The van der Waals surface area contributed by atoms with Gasteiger partial charge in [0.25, 0.3) is 5.92 Å². The second kappa shape index (κ2) is 7.69. The molecule has 23 heavy (non-hydrogen) atoms. The number of hydrogen-bond donors (Lipinski definition) is 2. The molecule has 1 aliphatic rings. The summed E-state index contributed by atoms with van der Waals surface area (Å²) < 4.78 is 48.7. The molecule has 3 N–H and O–H groups in total. The number of alkyl halides is 2. The summed E-state index contributed by atoms with van der Waals surface area (Å²) in [5.41, 5.74) is 4.87. The Labute approximate surface area is 134 Å². The van der Waals surface area contributed by atoms with Crippen LogP contribution in [0.3, 0.4) is 0 Å². The number of fused-ring (bicyclic) bond motifs is 1. The van der Waals surface area contributed by atoms with Crippen molar-refractivity contribution in [2.45, 2.75) is 17.2 Å². The van der Waals surface area contributed by atoms with Gasteiger partial charge in [0.05, 0.1) is 23.9 Å². The number of nitrogens with one attached hydrogen (secondary N) is 1. The van der Waals surface area contributed by atoms with Crippen molar-refractivity contribution in [3.05, 3.63) is 18.2 Å². The van der Waals surface area contributed by atoms with Gasteiger partial charge < -0.3 is 20.5 Å². The van der Waals surface area contributed by atoms with Crippen molar-refractivity contribution in [1.29, 1.82) is 0 Å². The van der Waals surface area contributed by atoms with Gasteiger partial charge in [-0.15, -0.1) is 0 Å². The van der Waals surface area contributed by atoms with Crippen LogP contribution in [-0.4, -0.2) is 48.1 Å². The average molecular weight is 348 g/mol. The summed E-state index contributed by atoms with van der Waals surface area (Å²) in [7, 11) is -1.44. The van der Waals surface area contributed by atoms with Gasteiger partial charge in [0.15, 0.2) is 11.5 Å². The Balaban J connectivity index is 1.84. The Kier molecular flexibility index (Phi) is 5.89. The van der Waals surface area contributed by atoms with E-state index < -0.39 is 35.7 Å². The zero-order chi connectivity index (χ0) is 16.9. The van der Waals surface area contributed by atoms with E-state index in [1.54, 1.807) is 18.2 Å². The maximum atomic E-state index is 12.9. The number of hydrogen-bond acceptors (Lipinski definition) is 5. The lowest BCUT2D eigenvalue weighted by molar-refractivity contribution is -0.122. The summed E-state index contributed by atoms with van der Waals surface area (Å²) in [5, 5.41) is 2.08. The number of rotatable bonds is 7. The van der Waals surface area contributed by atoms with Crippen LogP contribution in [0, 0.1) is 0 Å². The Morgan fingerprint density at radius 3 is 2.70 bits per heavy atom. The standard InChI is InChI=1S/C14H18F2N2O4S/c15-14(16,8-17)9-18-13(19)3-6-23(20)10-1-2-11-12(7-10)22-5-4-21-11/h1-2,7H,3-6,8-9,17H2,(H,18,19). The lowest BCUT2D eigenvalue weighted by atomic mass is 10.3. The van der Waals surface area contributed by atoms with Crippen molar-refractivity contribution in [2.75, 3.05) is 32.1 Å². The molecule has 0 saturated heterocycles. The predicted molar refractivity (Wildman–Crippen MR) is 80.3 cm³/mol. The summed E-state index contributed by atoms with van der Waals surface area (Å²) in [6.45, 7) is -0.778. The van der Waals surface area contributed by atoms with Crippen molar-refractivity contribution >= 4 is 16.7 Å². The van der Waals surface area contributed by atoms with E-state index in [0.717, 1.165) is 0 Å². The highest BCUT2D eigenvalue weighted by Gasteiger charge is 2.27. The van der Waals surface area contributed by atoms with Gasteiger partial charge in [0.1, 0.15) is 13.2 Å². The van der Waals surface area contributed by atoms with Crippen LogP contribution in [-0.2, 0) is 15.6 Å². The Bertz CT molecular complexity index is 598. The van der Waals surface area contributed by atoms with E-state index in [1.807, 2.05) is 0 Å². The summed E-state index contributed by atoms with van der Waals surface area (Å²) in [6, 6.07) is 4.89. The molecule has 9 heteroatoms. The first-order chi connectivity index (χ1) is 10.9. The third-order valence-corrected chi connectivity index (χ3v) is 4.49. The quantitative estimate of drug-likeness (QED) is 0.756. The zero-order valence-corrected chi connectivity index (χ0v) is 13.2. The third-order valence-electron chi connectivity index (χ3n) is 3.13. The molecule has 1 amide bonds. The fourth-order valence-electron chi connectivity index (χ4n) is 1.86. The van der Waals surface area contributed by atoms with Crippen LogP contribution >= 0.6 is 0 Å². The van der Waals surface area contributed by atoms with Gasteiger partial charge >= 0.3 is 0 Å². The van der Waals surface area contributed by atoms with E-state index in [2.05, 4.69) is 5.32 Å². The number of halogens is 2. The van der Waals surface area contributed by atoms with Crippen LogP contribution in [0.1, 0.15) is 6.42 Å². The smallest absolute Gasteiger partial charge is 0.277 e. The fourth-order valence-corrected chi connectivity index (χ4v) is 2.92. The molecule has 2 rings (SSSR count). The van der Waals surface area contributed by atoms with Crippen molar-refractivity contribution in [1.82, 2.24) is 5.32 Å². The number of nitrogens with two attached hydrogens (primary N) is 1. The first kappa shape index (κ1) is 17.6. The van der Waals surface area contributed by atoms with E-state index >= 15 is 0 Å². The molecule has 0 bridgehead atoms. The van der Waals surface area contributed by atoms with Crippen LogP contribution in [0.5, 0.6) is 11.5 Å². The highest BCUT2D eigenvalue weighted by molar-refractivity contribution is 7.85. The molecular formula is C14H18F2N2O4S. The van der Waals surface area contributed by atoms with Crippen LogP contribution < -0.4 is 20.5 Å². The van der Waals surface area contributed by atoms with E-state index in [4.69, 9.17) is 15.2 Å². The van der Waals surface area contributed by atoms with Crippen molar-refractivity contribution < 1.29 is 27.3 Å². The van der Waals surface area contributed by atoms with Crippen molar-refractivity contribution in [3.63, 3.8) is 0 Å². The van der Waals surface area contributed by atoms with Gasteiger partial charge in [-0.05, 0) is 12.1 Å². The lowest BCUT2D eigenvalue weighted by Crippen LogP contribution is -2.41. The van der Waals surface area contributed by atoms with Gasteiger partial charge in [0, 0.05) is 23.1 Å². The molecule has 0 spiro atoms. The number of benzene rings is 1. The van der Waals surface area contributed by atoms with Crippen LogP contribution in [0.4, 0.5) is 8.78 Å². The second-order valence-electron chi connectivity index (χ2n) is 4.94. The highest BCUT2D eigenvalue weighted by Crippen LogP contribution is 2.31. The molecule has 6 nitrogen and oxygen atoms in total. The first-order valence-corrected chi connectivity index (χ1v) is 8.36. The summed E-state index contributed by atoms with van der Waals surface area (Å²) in [6.07, 6.45) is -0.123. The summed E-state index contributed by atoms with van der Waals surface area (Å²) >= 11 is 0. The van der Waals surface area contributed by atoms with E-state index in [0.29, 0.717) is 29.6 Å². The van der Waals surface area contributed by atoms with Crippen LogP contribution in [0.2, 0.25) is 0 Å². The molecule has 1 aromatic rings. The third kappa shape index (κ3) is 5.14. The normalized spacial score (nSPS) is 15.1. The molecule has 1 unspecified atom stereocenters. The number of amides is 1. The molecule has 0 saturated carbocycles. The van der Waals surface area contributed by atoms with Gasteiger partial charge in [-0.1, -0.05) is 0 Å². The number of carbonyl (C=O) groups excluding carboxylic acids is 1. The minimum Gasteiger partial charge on any atom is -0.486 e. The highest BCUT2D eigenvalue weighted by atomic mass is 32.2. The molecule has 0 fully saturated rings. The molecular weight excluding hydrogens is 330 g/mol. The molecule has 0 aliphatic carbocycles.